The van der Waals surface area contributed by atoms with Crippen LogP contribution in [0.2, 0.25) is 0 Å². The van der Waals surface area contributed by atoms with E-state index in [-0.39, 0.29) is 42.6 Å². The quantitative estimate of drug-likeness (QED) is 0.897. The molecule has 4 rings (SSSR count). The second-order valence-electron chi connectivity index (χ2n) is 7.15. The number of aliphatic hydroxyl groups is 1. The number of Topliss-reactive ketones (excluding diaryl/α,β-unsaturated/α-hetero) is 1. The van der Waals surface area contributed by atoms with Crippen LogP contribution in [0.25, 0.3) is 0 Å². The maximum atomic E-state index is 14.5. The van der Waals surface area contributed by atoms with Gasteiger partial charge in [0.25, 0.3) is 5.91 Å². The molecule has 1 aliphatic carbocycles. The smallest absolute Gasteiger partial charge is 0.290 e. The van der Waals surface area contributed by atoms with Gasteiger partial charge in [-0.25, -0.2) is 4.39 Å². The van der Waals surface area contributed by atoms with Gasteiger partial charge >= 0.3 is 0 Å². The largest absolute Gasteiger partial charge is 0.483 e. The first-order valence-corrected chi connectivity index (χ1v) is 9.24. The number of benzene rings is 1. The zero-order valence-electron chi connectivity index (χ0n) is 14.5. The molecule has 3 atom stereocenters. The van der Waals surface area contributed by atoms with Crippen molar-refractivity contribution >= 4 is 11.7 Å². The van der Waals surface area contributed by atoms with Gasteiger partial charge in [0.1, 0.15) is 11.9 Å². The molecule has 1 aromatic rings. The number of ketones is 1. The normalized spacial score (nSPS) is 28.1. The van der Waals surface area contributed by atoms with E-state index in [0.717, 1.165) is 25.7 Å². The van der Waals surface area contributed by atoms with Gasteiger partial charge in [-0.1, -0.05) is 24.6 Å². The van der Waals surface area contributed by atoms with Crippen LogP contribution in [0.1, 0.15) is 43.7 Å². The molecule has 5 nitrogen and oxygen atoms in total. The van der Waals surface area contributed by atoms with Crippen molar-refractivity contribution < 1.29 is 23.8 Å². The Labute approximate surface area is 151 Å². The van der Waals surface area contributed by atoms with E-state index in [4.69, 9.17) is 4.74 Å². The molecule has 2 heterocycles. The minimum atomic E-state index is -0.777. The highest BCUT2D eigenvalue weighted by Gasteiger charge is 2.52. The third-order valence-corrected chi connectivity index (χ3v) is 5.62. The summed E-state index contributed by atoms with van der Waals surface area (Å²) in [6.07, 6.45) is 3.56. The molecular formula is C20H22FNO4. The van der Waals surface area contributed by atoms with Crippen LogP contribution in [-0.2, 0) is 14.3 Å². The minimum Gasteiger partial charge on any atom is -0.483 e. The van der Waals surface area contributed by atoms with Crippen molar-refractivity contribution in [3.63, 3.8) is 0 Å². The number of fused-ring (bicyclic) bond motifs is 1. The van der Waals surface area contributed by atoms with E-state index in [9.17, 15) is 19.1 Å². The Morgan fingerprint density at radius 1 is 1.19 bits per heavy atom. The fourth-order valence-electron chi connectivity index (χ4n) is 4.38. The van der Waals surface area contributed by atoms with Gasteiger partial charge in [-0.15, -0.1) is 0 Å². The lowest BCUT2D eigenvalue weighted by molar-refractivity contribution is -0.135. The number of hydrogen-bond acceptors (Lipinski definition) is 4. The van der Waals surface area contributed by atoms with Gasteiger partial charge in [-0.05, 0) is 31.7 Å². The molecule has 138 valence electrons. The second kappa shape index (κ2) is 6.83. The lowest BCUT2D eigenvalue weighted by Gasteiger charge is -2.35. The highest BCUT2D eigenvalue weighted by Crippen LogP contribution is 2.47. The molecule has 0 saturated heterocycles. The molecule has 2 aliphatic heterocycles. The predicted molar refractivity (Wildman–Crippen MR) is 91.4 cm³/mol. The van der Waals surface area contributed by atoms with E-state index in [0.29, 0.717) is 17.6 Å². The van der Waals surface area contributed by atoms with E-state index in [1.807, 2.05) is 0 Å². The van der Waals surface area contributed by atoms with Crippen molar-refractivity contribution in [3.8, 4) is 0 Å². The number of carbonyl (C=O) groups excluding carboxylic acids is 2. The first-order valence-electron chi connectivity index (χ1n) is 9.24. The number of ether oxygens (including phenoxy) is 1. The summed E-state index contributed by atoms with van der Waals surface area (Å²) in [5.41, 5.74) is 0.594. The summed E-state index contributed by atoms with van der Waals surface area (Å²) in [7, 11) is 0. The van der Waals surface area contributed by atoms with E-state index in [1.165, 1.54) is 11.0 Å². The van der Waals surface area contributed by atoms with Gasteiger partial charge < -0.3 is 14.7 Å². The Bertz CT molecular complexity index is 775. The average Bonchev–Trinajstić information content (AvgIpc) is 2.93. The molecular weight excluding hydrogens is 337 g/mol. The van der Waals surface area contributed by atoms with Crippen LogP contribution < -0.4 is 0 Å². The van der Waals surface area contributed by atoms with Crippen molar-refractivity contribution in [1.82, 2.24) is 4.90 Å². The Kier molecular flexibility index (Phi) is 4.53. The topological polar surface area (TPSA) is 66.8 Å². The summed E-state index contributed by atoms with van der Waals surface area (Å²) < 4.78 is 20.5. The summed E-state index contributed by atoms with van der Waals surface area (Å²) in [5, 5.41) is 9.18. The molecule has 1 saturated carbocycles. The molecule has 1 fully saturated rings. The molecule has 0 aromatic heterocycles. The van der Waals surface area contributed by atoms with Gasteiger partial charge in [-0.3, -0.25) is 9.59 Å². The minimum absolute atomic E-state index is 0.0796. The number of hydrogen-bond donors (Lipinski definition) is 1. The Morgan fingerprint density at radius 2 is 1.96 bits per heavy atom. The van der Waals surface area contributed by atoms with Crippen LogP contribution in [0.3, 0.4) is 0 Å². The number of rotatable bonds is 4. The van der Waals surface area contributed by atoms with Crippen molar-refractivity contribution in [2.24, 2.45) is 5.92 Å². The number of amides is 1. The molecule has 0 radical (unpaired) electrons. The van der Waals surface area contributed by atoms with Gasteiger partial charge in [0, 0.05) is 18.7 Å². The molecule has 1 aromatic carbocycles. The lowest BCUT2D eigenvalue weighted by atomic mass is 9.77. The van der Waals surface area contributed by atoms with Crippen molar-refractivity contribution in [2.75, 3.05) is 13.2 Å². The summed E-state index contributed by atoms with van der Waals surface area (Å²) >= 11 is 0. The highest BCUT2D eigenvalue weighted by molar-refractivity contribution is 6.11. The van der Waals surface area contributed by atoms with Gasteiger partial charge in [-0.2, -0.15) is 0 Å². The maximum absolute atomic E-state index is 14.5. The Morgan fingerprint density at radius 3 is 2.73 bits per heavy atom. The van der Waals surface area contributed by atoms with Crippen molar-refractivity contribution in [3.05, 3.63) is 47.0 Å². The standard InChI is InChI=1S/C20H22FNO4/c21-14-8-3-1-6-12(14)17-16-18(24)13-7-2-4-9-15(13)26-19(16)20(25)22(17)10-5-11-23/h1,3,6,8,13,15,17,23H,2,4-5,7,9-11H2. The third-order valence-electron chi connectivity index (χ3n) is 5.62. The highest BCUT2D eigenvalue weighted by atomic mass is 19.1. The van der Waals surface area contributed by atoms with E-state index >= 15 is 0 Å². The van der Waals surface area contributed by atoms with Crippen LogP contribution in [0.15, 0.2) is 35.6 Å². The van der Waals surface area contributed by atoms with Crippen LogP contribution >= 0.6 is 0 Å². The fourth-order valence-corrected chi connectivity index (χ4v) is 4.38. The zero-order chi connectivity index (χ0) is 18.3. The maximum Gasteiger partial charge on any atom is 0.290 e. The molecule has 6 heteroatoms. The number of carbonyl (C=O) groups is 2. The zero-order valence-corrected chi connectivity index (χ0v) is 14.5. The van der Waals surface area contributed by atoms with Gasteiger partial charge in [0.05, 0.1) is 17.5 Å². The lowest BCUT2D eigenvalue weighted by Crippen LogP contribution is -2.39. The van der Waals surface area contributed by atoms with Gasteiger partial charge in [0.15, 0.2) is 11.5 Å². The average molecular weight is 359 g/mol. The first kappa shape index (κ1) is 17.2. The molecule has 0 spiro atoms. The predicted octanol–water partition coefficient (Wildman–Crippen LogP) is 2.50. The summed E-state index contributed by atoms with van der Waals surface area (Å²) in [4.78, 5) is 27.6. The fraction of sp³-hybridized carbons (Fsp3) is 0.500. The van der Waals surface area contributed by atoms with Crippen molar-refractivity contribution in [1.29, 1.82) is 0 Å². The molecule has 26 heavy (non-hydrogen) atoms. The Hall–Kier alpha value is -2.21. The molecule has 0 bridgehead atoms. The van der Waals surface area contributed by atoms with Crippen LogP contribution in [0, 0.1) is 11.7 Å². The number of halogens is 1. The summed E-state index contributed by atoms with van der Waals surface area (Å²) in [5.74, 6) is -1.07. The van der Waals surface area contributed by atoms with E-state index in [2.05, 4.69) is 0 Å². The number of nitrogens with zero attached hydrogens (tertiary/aromatic N) is 1. The molecule has 1 amide bonds. The van der Waals surface area contributed by atoms with Crippen LogP contribution in [0.4, 0.5) is 4.39 Å². The molecule has 1 N–H and O–H groups in total. The van der Waals surface area contributed by atoms with Crippen LogP contribution in [-0.4, -0.2) is 41.0 Å². The molecule has 3 unspecified atom stereocenters. The molecule has 3 aliphatic rings. The summed E-state index contributed by atoms with van der Waals surface area (Å²) in [6, 6.07) is 5.44. The Balaban J connectivity index is 1.79. The monoisotopic (exact) mass is 359 g/mol. The van der Waals surface area contributed by atoms with Gasteiger partial charge in [0.2, 0.25) is 0 Å². The van der Waals surface area contributed by atoms with Crippen LogP contribution in [0.5, 0.6) is 0 Å². The third kappa shape index (κ3) is 2.63. The second-order valence-corrected chi connectivity index (χ2v) is 7.15. The van der Waals surface area contributed by atoms with Crippen molar-refractivity contribution in [2.45, 2.75) is 44.2 Å². The van der Waals surface area contributed by atoms with E-state index < -0.39 is 11.9 Å². The summed E-state index contributed by atoms with van der Waals surface area (Å²) in [6.45, 7) is 0.159. The number of aliphatic hydroxyl groups excluding tert-OH is 1. The SMILES string of the molecule is O=C1C2=C(OC3CCCCC13)C(=O)N(CCCO)C2c1ccccc1F. The van der Waals surface area contributed by atoms with E-state index in [1.54, 1.807) is 18.2 Å². The first-order chi connectivity index (χ1) is 12.6.